The van der Waals surface area contributed by atoms with Crippen molar-refractivity contribution in [3.63, 3.8) is 0 Å². The maximum atomic E-state index is 11.8. The number of allylic oxidation sites excluding steroid dienone is 2. The SMILES string of the molecule is C=C1CCC2C3(C)C=NN=C3CC[C@@]2(C)C1C/C=C1/C(=O)OC[C@H]1O. The number of aliphatic hydroxyl groups excluding tert-OH is 1. The molecule has 4 aliphatic rings. The van der Waals surface area contributed by atoms with Crippen molar-refractivity contribution < 1.29 is 14.6 Å². The first-order valence-electron chi connectivity index (χ1n) is 9.20. The van der Waals surface area contributed by atoms with Gasteiger partial charge in [0, 0.05) is 11.6 Å². The molecule has 3 fully saturated rings. The topological polar surface area (TPSA) is 71.2 Å². The zero-order valence-corrected chi connectivity index (χ0v) is 15.0. The van der Waals surface area contributed by atoms with Gasteiger partial charge in [-0.3, -0.25) is 0 Å². The Balaban J connectivity index is 1.64. The minimum Gasteiger partial charge on any atom is -0.459 e. The van der Waals surface area contributed by atoms with Crippen LogP contribution >= 0.6 is 0 Å². The van der Waals surface area contributed by atoms with E-state index in [0.29, 0.717) is 17.4 Å². The van der Waals surface area contributed by atoms with Crippen molar-refractivity contribution in [2.24, 2.45) is 32.9 Å². The summed E-state index contributed by atoms with van der Waals surface area (Å²) < 4.78 is 4.94. The summed E-state index contributed by atoms with van der Waals surface area (Å²) in [6.45, 7) is 9.06. The van der Waals surface area contributed by atoms with Crippen molar-refractivity contribution in [1.82, 2.24) is 0 Å². The lowest BCUT2D eigenvalue weighted by Crippen LogP contribution is -2.54. The van der Waals surface area contributed by atoms with Gasteiger partial charge in [-0.2, -0.15) is 10.2 Å². The van der Waals surface area contributed by atoms with Crippen molar-refractivity contribution in [3.8, 4) is 0 Å². The number of cyclic esters (lactones) is 1. The highest BCUT2D eigenvalue weighted by molar-refractivity contribution is 6.06. The number of nitrogens with zero attached hydrogens (tertiary/aromatic N) is 2. The Hall–Kier alpha value is -1.75. The number of fused-ring (bicyclic) bond motifs is 3. The molecule has 1 saturated heterocycles. The molecule has 5 atom stereocenters. The molecule has 1 N–H and O–H groups in total. The van der Waals surface area contributed by atoms with E-state index < -0.39 is 6.10 Å². The minimum atomic E-state index is -0.794. The molecular formula is C20H26N2O3. The Bertz CT molecular complexity index is 722. The number of aliphatic hydroxyl groups is 1. The Morgan fingerprint density at radius 2 is 2.24 bits per heavy atom. The number of hydrogen-bond donors (Lipinski definition) is 1. The molecule has 0 amide bonds. The average Bonchev–Trinajstić information content (AvgIpc) is 3.10. The summed E-state index contributed by atoms with van der Waals surface area (Å²) in [6, 6.07) is 0. The van der Waals surface area contributed by atoms with Crippen molar-refractivity contribution in [1.29, 1.82) is 0 Å². The number of ether oxygens (including phenoxy) is 1. The number of carbonyl (C=O) groups excluding carboxylic acids is 1. The first kappa shape index (κ1) is 16.7. The highest BCUT2D eigenvalue weighted by Gasteiger charge is 2.57. The number of hydrogen-bond acceptors (Lipinski definition) is 5. The molecule has 0 aromatic carbocycles. The number of esters is 1. The molecular weight excluding hydrogens is 316 g/mol. The molecule has 0 bridgehead atoms. The summed E-state index contributed by atoms with van der Waals surface area (Å²) in [5, 5.41) is 18.6. The third kappa shape index (κ3) is 2.35. The van der Waals surface area contributed by atoms with Gasteiger partial charge < -0.3 is 9.84 Å². The maximum Gasteiger partial charge on any atom is 0.336 e. The normalized spacial score (nSPS) is 44.5. The van der Waals surface area contributed by atoms with E-state index in [9.17, 15) is 9.90 Å². The van der Waals surface area contributed by atoms with Crippen molar-refractivity contribution in [3.05, 3.63) is 23.8 Å². The summed E-state index contributed by atoms with van der Waals surface area (Å²) in [7, 11) is 0. The van der Waals surface area contributed by atoms with E-state index in [-0.39, 0.29) is 23.4 Å². The summed E-state index contributed by atoms with van der Waals surface area (Å²) >= 11 is 0. The van der Waals surface area contributed by atoms with Crippen molar-refractivity contribution in [2.75, 3.05) is 6.61 Å². The lowest BCUT2D eigenvalue weighted by molar-refractivity contribution is -0.135. The van der Waals surface area contributed by atoms with Crippen LogP contribution in [0.3, 0.4) is 0 Å². The second kappa shape index (κ2) is 5.63. The molecule has 0 aromatic heterocycles. The molecule has 2 heterocycles. The van der Waals surface area contributed by atoms with Crippen molar-refractivity contribution in [2.45, 2.75) is 52.1 Å². The van der Waals surface area contributed by atoms with Crippen LogP contribution in [-0.2, 0) is 9.53 Å². The highest BCUT2D eigenvalue weighted by atomic mass is 16.6. The summed E-state index contributed by atoms with van der Waals surface area (Å²) in [6.07, 6.45) is 7.99. The van der Waals surface area contributed by atoms with E-state index in [0.717, 1.165) is 32.1 Å². The summed E-state index contributed by atoms with van der Waals surface area (Å²) in [5.74, 6) is 0.392. The van der Waals surface area contributed by atoms with Crippen LogP contribution in [0.25, 0.3) is 0 Å². The Morgan fingerprint density at radius 3 is 2.96 bits per heavy atom. The van der Waals surface area contributed by atoms with E-state index in [1.54, 1.807) is 0 Å². The Labute approximate surface area is 148 Å². The van der Waals surface area contributed by atoms with Crippen LogP contribution in [-0.4, -0.2) is 35.7 Å². The molecule has 0 spiro atoms. The largest absolute Gasteiger partial charge is 0.459 e. The second-order valence-corrected chi connectivity index (χ2v) is 8.39. The maximum absolute atomic E-state index is 11.8. The molecule has 0 aromatic rings. The molecule has 0 radical (unpaired) electrons. The smallest absolute Gasteiger partial charge is 0.336 e. The monoisotopic (exact) mass is 342 g/mol. The van der Waals surface area contributed by atoms with Crippen LogP contribution in [0, 0.1) is 22.7 Å². The van der Waals surface area contributed by atoms with E-state index in [1.165, 1.54) is 11.3 Å². The van der Waals surface area contributed by atoms with Gasteiger partial charge >= 0.3 is 5.97 Å². The summed E-state index contributed by atoms with van der Waals surface area (Å²) in [4.78, 5) is 11.8. The fourth-order valence-electron chi connectivity index (χ4n) is 5.64. The number of carbonyl (C=O) groups is 1. The standard InChI is InChI=1S/C20H26N2O3/c1-12-4-7-16-19(2,9-8-17-20(16,3)11-21-22-17)14(12)6-5-13-15(23)10-25-18(13)24/h5,11,14-16,23H,1,4,6-10H2,2-3H3/b13-5+/t14?,15-,16?,19+,20?/m1/s1. The minimum absolute atomic E-state index is 0.0507. The summed E-state index contributed by atoms with van der Waals surface area (Å²) in [5.41, 5.74) is 2.93. The van der Waals surface area contributed by atoms with Gasteiger partial charge in [-0.15, -0.1) is 0 Å². The third-order valence-electron chi connectivity index (χ3n) is 7.13. The van der Waals surface area contributed by atoms with Gasteiger partial charge in [0.1, 0.15) is 12.7 Å². The fourth-order valence-corrected chi connectivity index (χ4v) is 5.64. The fraction of sp³-hybridized carbons (Fsp3) is 0.650. The molecule has 134 valence electrons. The zero-order chi connectivity index (χ0) is 17.8. The van der Waals surface area contributed by atoms with Crippen LogP contribution < -0.4 is 0 Å². The van der Waals surface area contributed by atoms with Crippen LogP contribution in [0.5, 0.6) is 0 Å². The predicted molar refractivity (Wildman–Crippen MR) is 96.4 cm³/mol. The molecule has 2 aliphatic heterocycles. The van der Waals surface area contributed by atoms with E-state index >= 15 is 0 Å². The Morgan fingerprint density at radius 1 is 1.44 bits per heavy atom. The molecule has 4 rings (SSSR count). The quantitative estimate of drug-likeness (QED) is 0.476. The highest BCUT2D eigenvalue weighted by Crippen LogP contribution is 2.61. The predicted octanol–water partition coefficient (Wildman–Crippen LogP) is 3.05. The number of rotatable bonds is 2. The van der Waals surface area contributed by atoms with Gasteiger partial charge in [0.2, 0.25) is 0 Å². The second-order valence-electron chi connectivity index (χ2n) is 8.39. The average molecular weight is 342 g/mol. The zero-order valence-electron chi connectivity index (χ0n) is 15.0. The van der Waals surface area contributed by atoms with Crippen LogP contribution in [0.4, 0.5) is 0 Å². The van der Waals surface area contributed by atoms with Crippen LogP contribution in [0.1, 0.15) is 46.0 Å². The first-order valence-corrected chi connectivity index (χ1v) is 9.20. The third-order valence-corrected chi connectivity index (χ3v) is 7.13. The Kier molecular flexibility index (Phi) is 3.76. The van der Waals surface area contributed by atoms with Crippen LogP contribution in [0.2, 0.25) is 0 Å². The van der Waals surface area contributed by atoms with Gasteiger partial charge in [-0.25, -0.2) is 4.79 Å². The van der Waals surface area contributed by atoms with Gasteiger partial charge in [-0.05, 0) is 56.3 Å². The molecule has 25 heavy (non-hydrogen) atoms. The molecule has 5 heteroatoms. The lowest BCUT2D eigenvalue weighted by atomic mass is 9.46. The van der Waals surface area contributed by atoms with Crippen LogP contribution in [0.15, 0.2) is 34.0 Å². The van der Waals surface area contributed by atoms with E-state index in [2.05, 4.69) is 30.6 Å². The van der Waals surface area contributed by atoms with E-state index in [4.69, 9.17) is 4.74 Å². The van der Waals surface area contributed by atoms with Gasteiger partial charge in [0.25, 0.3) is 0 Å². The lowest BCUT2D eigenvalue weighted by Gasteiger charge is -2.57. The van der Waals surface area contributed by atoms with E-state index in [1.807, 2.05) is 12.3 Å². The first-order chi connectivity index (χ1) is 11.9. The molecule has 2 saturated carbocycles. The van der Waals surface area contributed by atoms with Gasteiger partial charge in [-0.1, -0.05) is 25.2 Å². The van der Waals surface area contributed by atoms with Gasteiger partial charge in [0.15, 0.2) is 0 Å². The molecule has 2 aliphatic carbocycles. The van der Waals surface area contributed by atoms with Gasteiger partial charge in [0.05, 0.1) is 11.3 Å². The van der Waals surface area contributed by atoms with Crippen molar-refractivity contribution >= 4 is 17.9 Å². The molecule has 5 nitrogen and oxygen atoms in total. The molecule has 3 unspecified atom stereocenters.